The summed E-state index contributed by atoms with van der Waals surface area (Å²) in [6.45, 7) is 3.95. The van der Waals surface area contributed by atoms with Crippen molar-refractivity contribution in [1.29, 1.82) is 5.26 Å². The number of rotatable bonds is 6. The molecule has 5 nitrogen and oxygen atoms in total. The number of hydrogen-bond donors (Lipinski definition) is 1. The van der Waals surface area contributed by atoms with Gasteiger partial charge in [0, 0.05) is 0 Å². The first kappa shape index (κ1) is 17.1. The number of benzene rings is 1. The number of nitriles is 1. The van der Waals surface area contributed by atoms with Gasteiger partial charge in [-0.05, 0) is 50.1 Å². The third kappa shape index (κ3) is 4.85. The lowest BCUT2D eigenvalue weighted by Gasteiger charge is -2.06. The van der Waals surface area contributed by atoms with Crippen molar-refractivity contribution in [2.24, 2.45) is 0 Å². The van der Waals surface area contributed by atoms with Crippen LogP contribution in [0.5, 0.6) is 0 Å². The number of aromatic amines is 1. The highest BCUT2D eigenvalue weighted by Gasteiger charge is 2.14. The van der Waals surface area contributed by atoms with Crippen LogP contribution in [0.15, 0.2) is 46.0 Å². The fourth-order valence-corrected chi connectivity index (χ4v) is 3.10. The summed E-state index contributed by atoms with van der Waals surface area (Å²) in [5.74, 6) is 2.25. The van der Waals surface area contributed by atoms with Crippen LogP contribution < -0.4 is 0 Å². The molecule has 1 aromatic carbocycles. The minimum atomic E-state index is -0.233. The predicted molar refractivity (Wildman–Crippen MR) is 98.9 cm³/mol. The maximum absolute atomic E-state index is 9.40. The van der Waals surface area contributed by atoms with Crippen molar-refractivity contribution in [3.8, 4) is 6.07 Å². The molecule has 3 aromatic rings. The van der Waals surface area contributed by atoms with Crippen LogP contribution in [0.3, 0.4) is 0 Å². The van der Waals surface area contributed by atoms with E-state index in [0.29, 0.717) is 17.4 Å². The van der Waals surface area contributed by atoms with Crippen molar-refractivity contribution in [3.05, 3.63) is 64.9 Å². The summed E-state index contributed by atoms with van der Waals surface area (Å²) in [5.41, 5.74) is 2.34. The molecule has 2 aromatic heterocycles. The molecule has 25 heavy (non-hydrogen) atoms. The first-order valence-electron chi connectivity index (χ1n) is 7.91. The van der Waals surface area contributed by atoms with E-state index in [1.807, 2.05) is 32.1 Å². The first-order chi connectivity index (χ1) is 12.1. The Morgan fingerprint density at radius 3 is 2.68 bits per heavy atom. The van der Waals surface area contributed by atoms with Gasteiger partial charge >= 0.3 is 0 Å². The molecule has 0 amide bonds. The number of aromatic nitrogens is 3. The zero-order valence-corrected chi connectivity index (χ0v) is 14.9. The van der Waals surface area contributed by atoms with Crippen LogP contribution in [0.4, 0.5) is 0 Å². The standard InChI is InChI=1S/C19H18N4OS/c1-13-3-6-15(7-4-13)11-17(12-20)25-19-21-18(22-23-19)10-9-16-8-5-14(2)24-16/h3-10,17H,11H2,1-2H3,(H,21,22,23)/b10-9+. The van der Waals surface area contributed by atoms with Crippen LogP contribution in [0.1, 0.15) is 28.5 Å². The summed E-state index contributed by atoms with van der Waals surface area (Å²) in [6.07, 6.45) is 4.29. The molecule has 0 radical (unpaired) electrons. The van der Waals surface area contributed by atoms with Crippen LogP contribution in [0.25, 0.3) is 12.2 Å². The van der Waals surface area contributed by atoms with Gasteiger partial charge in [-0.25, -0.2) is 4.98 Å². The molecule has 0 saturated carbocycles. The number of furan rings is 1. The monoisotopic (exact) mass is 350 g/mol. The van der Waals surface area contributed by atoms with Gasteiger partial charge in [0.1, 0.15) is 22.6 Å². The van der Waals surface area contributed by atoms with Crippen molar-refractivity contribution >= 4 is 23.9 Å². The molecule has 0 saturated heterocycles. The molecule has 2 heterocycles. The summed E-state index contributed by atoms with van der Waals surface area (Å²) in [6, 6.07) is 14.3. The second kappa shape index (κ2) is 7.86. The Bertz CT molecular complexity index is 902. The number of nitrogens with one attached hydrogen (secondary N) is 1. The highest BCUT2D eigenvalue weighted by Crippen LogP contribution is 2.23. The normalized spacial score (nSPS) is 12.4. The van der Waals surface area contributed by atoms with E-state index in [1.165, 1.54) is 17.3 Å². The van der Waals surface area contributed by atoms with Gasteiger partial charge in [0.2, 0.25) is 5.16 Å². The Morgan fingerprint density at radius 1 is 1.20 bits per heavy atom. The second-order valence-electron chi connectivity index (χ2n) is 5.71. The zero-order valence-electron chi connectivity index (χ0n) is 14.1. The SMILES string of the molecule is Cc1ccc(CC(C#N)Sc2n[nH]c(/C=C/c3ccc(C)o3)n2)cc1. The second-order valence-corrected chi connectivity index (χ2v) is 6.88. The Kier molecular flexibility index (Phi) is 5.36. The highest BCUT2D eigenvalue weighted by molar-refractivity contribution is 8.00. The maximum Gasteiger partial charge on any atom is 0.210 e. The minimum Gasteiger partial charge on any atom is -0.462 e. The average molecular weight is 350 g/mol. The van der Waals surface area contributed by atoms with Gasteiger partial charge in [-0.3, -0.25) is 5.10 Å². The molecule has 1 unspecified atom stereocenters. The van der Waals surface area contributed by atoms with Gasteiger partial charge in [-0.1, -0.05) is 41.6 Å². The molecule has 0 fully saturated rings. The van der Waals surface area contributed by atoms with Crippen LogP contribution in [-0.2, 0) is 6.42 Å². The van der Waals surface area contributed by atoms with Gasteiger partial charge < -0.3 is 4.42 Å². The fraction of sp³-hybridized carbons (Fsp3) is 0.211. The summed E-state index contributed by atoms with van der Waals surface area (Å²) in [7, 11) is 0. The fourth-order valence-electron chi connectivity index (χ4n) is 2.27. The van der Waals surface area contributed by atoms with Gasteiger partial charge in [0.05, 0.1) is 6.07 Å². The lowest BCUT2D eigenvalue weighted by molar-refractivity contribution is 0.525. The molecule has 0 spiro atoms. The third-order valence-corrected chi connectivity index (χ3v) is 4.53. The van der Waals surface area contributed by atoms with Gasteiger partial charge in [0.25, 0.3) is 0 Å². The van der Waals surface area contributed by atoms with E-state index in [2.05, 4.69) is 45.5 Å². The van der Waals surface area contributed by atoms with Crippen LogP contribution >= 0.6 is 11.8 Å². The molecule has 3 rings (SSSR count). The summed E-state index contributed by atoms with van der Waals surface area (Å²) in [4.78, 5) is 4.39. The van der Waals surface area contributed by atoms with Gasteiger partial charge in [-0.15, -0.1) is 5.10 Å². The molecule has 0 aliphatic rings. The Hall–Kier alpha value is -2.78. The first-order valence-corrected chi connectivity index (χ1v) is 8.79. The van der Waals surface area contributed by atoms with E-state index in [4.69, 9.17) is 4.42 Å². The molecular formula is C19H18N4OS. The average Bonchev–Trinajstić information content (AvgIpc) is 3.23. The van der Waals surface area contributed by atoms with Crippen LogP contribution in [-0.4, -0.2) is 20.4 Å². The summed E-state index contributed by atoms with van der Waals surface area (Å²) < 4.78 is 5.47. The smallest absolute Gasteiger partial charge is 0.210 e. The number of hydrogen-bond acceptors (Lipinski definition) is 5. The van der Waals surface area contributed by atoms with Gasteiger partial charge in [0.15, 0.2) is 0 Å². The van der Waals surface area contributed by atoms with E-state index in [9.17, 15) is 5.26 Å². The Labute approximate surface area is 150 Å². The quantitative estimate of drug-likeness (QED) is 0.666. The molecular weight excluding hydrogens is 332 g/mol. The topological polar surface area (TPSA) is 78.5 Å². The lowest BCUT2D eigenvalue weighted by atomic mass is 10.1. The Balaban J connectivity index is 1.62. The number of nitrogens with zero attached hydrogens (tertiary/aromatic N) is 3. The van der Waals surface area contributed by atoms with Crippen molar-refractivity contribution in [1.82, 2.24) is 15.2 Å². The van der Waals surface area contributed by atoms with Crippen LogP contribution in [0, 0.1) is 25.2 Å². The predicted octanol–water partition coefficient (Wildman–Crippen LogP) is 4.41. The van der Waals surface area contributed by atoms with Crippen molar-refractivity contribution in [3.63, 3.8) is 0 Å². The summed E-state index contributed by atoms with van der Waals surface area (Å²) in [5, 5.41) is 16.8. The van der Waals surface area contributed by atoms with E-state index in [1.54, 1.807) is 6.08 Å². The molecule has 126 valence electrons. The molecule has 6 heteroatoms. The Morgan fingerprint density at radius 2 is 2.00 bits per heavy atom. The number of H-pyrrole nitrogens is 1. The molecule has 0 aliphatic carbocycles. The summed E-state index contributed by atoms with van der Waals surface area (Å²) >= 11 is 1.36. The third-order valence-electron chi connectivity index (χ3n) is 3.58. The minimum absolute atomic E-state index is 0.233. The maximum atomic E-state index is 9.40. The van der Waals surface area contributed by atoms with E-state index in [-0.39, 0.29) is 5.25 Å². The van der Waals surface area contributed by atoms with Crippen molar-refractivity contribution in [2.75, 3.05) is 0 Å². The number of aryl methyl sites for hydroxylation is 2. The highest BCUT2D eigenvalue weighted by atomic mass is 32.2. The van der Waals surface area contributed by atoms with E-state index < -0.39 is 0 Å². The number of thioether (sulfide) groups is 1. The lowest BCUT2D eigenvalue weighted by Crippen LogP contribution is -2.04. The zero-order chi connectivity index (χ0) is 17.6. The van der Waals surface area contributed by atoms with E-state index in [0.717, 1.165) is 17.1 Å². The van der Waals surface area contributed by atoms with Crippen molar-refractivity contribution in [2.45, 2.75) is 30.7 Å². The van der Waals surface area contributed by atoms with Crippen molar-refractivity contribution < 1.29 is 4.42 Å². The molecule has 0 aliphatic heterocycles. The van der Waals surface area contributed by atoms with Gasteiger partial charge in [-0.2, -0.15) is 5.26 Å². The molecule has 1 N–H and O–H groups in total. The van der Waals surface area contributed by atoms with Crippen LogP contribution in [0.2, 0.25) is 0 Å². The molecule has 1 atom stereocenters. The van der Waals surface area contributed by atoms with E-state index >= 15 is 0 Å². The largest absolute Gasteiger partial charge is 0.462 e. The molecule has 0 bridgehead atoms.